The van der Waals surface area contributed by atoms with Gasteiger partial charge >= 0.3 is 10.1 Å². The van der Waals surface area contributed by atoms with Crippen LogP contribution in [0.4, 0.5) is 0 Å². The molecular formula is C16H15BrO6S. The summed E-state index contributed by atoms with van der Waals surface area (Å²) >= 11 is 3.46. The van der Waals surface area contributed by atoms with Gasteiger partial charge < -0.3 is 18.4 Å². The SMILES string of the molecule is COc1cc(-c2ccc(OS(C)(=O)=O)cc2)c2c(c1Br)OCCO2. The van der Waals surface area contributed by atoms with E-state index in [9.17, 15) is 8.42 Å². The Kier molecular flexibility index (Phi) is 4.60. The largest absolute Gasteiger partial charge is 0.495 e. The molecule has 0 bridgehead atoms. The van der Waals surface area contributed by atoms with Gasteiger partial charge in [0, 0.05) is 5.56 Å². The first-order valence-corrected chi connectivity index (χ1v) is 9.66. The number of rotatable bonds is 4. The Hall–Kier alpha value is -1.93. The second-order valence-electron chi connectivity index (χ2n) is 5.11. The second-order valence-corrected chi connectivity index (χ2v) is 7.48. The van der Waals surface area contributed by atoms with Gasteiger partial charge in [0.25, 0.3) is 0 Å². The van der Waals surface area contributed by atoms with E-state index in [0.717, 1.165) is 17.4 Å². The van der Waals surface area contributed by atoms with Gasteiger partial charge in [-0.1, -0.05) is 12.1 Å². The molecule has 2 aromatic rings. The monoisotopic (exact) mass is 414 g/mol. The molecule has 0 aliphatic carbocycles. The average Bonchev–Trinajstić information content (AvgIpc) is 2.55. The number of hydrogen-bond donors (Lipinski definition) is 0. The van der Waals surface area contributed by atoms with Crippen molar-refractivity contribution >= 4 is 26.0 Å². The Morgan fingerprint density at radius 2 is 1.71 bits per heavy atom. The van der Waals surface area contributed by atoms with E-state index in [-0.39, 0.29) is 5.75 Å². The lowest BCUT2D eigenvalue weighted by molar-refractivity contribution is 0.170. The van der Waals surface area contributed by atoms with Crippen LogP contribution in [-0.2, 0) is 10.1 Å². The topological polar surface area (TPSA) is 71.1 Å². The summed E-state index contributed by atoms with van der Waals surface area (Å²) in [5, 5.41) is 0. The molecule has 24 heavy (non-hydrogen) atoms. The molecule has 2 aromatic carbocycles. The molecular weight excluding hydrogens is 400 g/mol. The minimum absolute atomic E-state index is 0.247. The Labute approximate surface area is 148 Å². The lowest BCUT2D eigenvalue weighted by atomic mass is 10.0. The molecule has 0 unspecified atom stereocenters. The zero-order chi connectivity index (χ0) is 17.3. The van der Waals surface area contributed by atoms with E-state index in [1.165, 1.54) is 0 Å². The normalized spacial score (nSPS) is 13.5. The Bertz CT molecular complexity index is 861. The van der Waals surface area contributed by atoms with Gasteiger partial charge in [0.2, 0.25) is 0 Å². The highest BCUT2D eigenvalue weighted by molar-refractivity contribution is 9.10. The highest BCUT2D eigenvalue weighted by Gasteiger charge is 2.24. The molecule has 3 rings (SSSR count). The van der Waals surface area contributed by atoms with Crippen LogP contribution in [0.5, 0.6) is 23.0 Å². The number of methoxy groups -OCH3 is 1. The number of fused-ring (bicyclic) bond motifs is 1. The number of ether oxygens (including phenoxy) is 3. The number of hydrogen-bond acceptors (Lipinski definition) is 6. The minimum atomic E-state index is -3.56. The third-order valence-corrected chi connectivity index (χ3v) is 4.60. The first-order valence-electron chi connectivity index (χ1n) is 7.05. The van der Waals surface area contributed by atoms with Crippen LogP contribution in [0.2, 0.25) is 0 Å². The molecule has 0 fully saturated rings. The first kappa shape index (κ1) is 16.9. The van der Waals surface area contributed by atoms with Gasteiger partial charge in [-0.25, -0.2) is 0 Å². The van der Waals surface area contributed by atoms with Gasteiger partial charge in [-0.15, -0.1) is 0 Å². The zero-order valence-corrected chi connectivity index (χ0v) is 15.4. The first-order chi connectivity index (χ1) is 11.4. The smallest absolute Gasteiger partial charge is 0.306 e. The van der Waals surface area contributed by atoms with Crippen molar-refractivity contribution in [2.75, 3.05) is 26.6 Å². The van der Waals surface area contributed by atoms with Crippen LogP contribution in [0.3, 0.4) is 0 Å². The maximum Gasteiger partial charge on any atom is 0.306 e. The van der Waals surface area contributed by atoms with Crippen molar-refractivity contribution in [3.8, 4) is 34.1 Å². The lowest BCUT2D eigenvalue weighted by Gasteiger charge is -2.23. The summed E-state index contributed by atoms with van der Waals surface area (Å²) in [6.45, 7) is 0.910. The molecule has 128 valence electrons. The average molecular weight is 415 g/mol. The van der Waals surface area contributed by atoms with Crippen LogP contribution < -0.4 is 18.4 Å². The van der Waals surface area contributed by atoms with E-state index in [1.54, 1.807) is 31.4 Å². The van der Waals surface area contributed by atoms with E-state index in [2.05, 4.69) is 15.9 Å². The molecule has 1 aliphatic heterocycles. The van der Waals surface area contributed by atoms with Gasteiger partial charge in [0.05, 0.1) is 13.4 Å². The summed E-state index contributed by atoms with van der Waals surface area (Å²) in [4.78, 5) is 0. The molecule has 6 nitrogen and oxygen atoms in total. The van der Waals surface area contributed by atoms with Crippen molar-refractivity contribution in [3.05, 3.63) is 34.8 Å². The fraction of sp³-hybridized carbons (Fsp3) is 0.250. The van der Waals surface area contributed by atoms with Crippen LogP contribution in [0.15, 0.2) is 34.8 Å². The van der Waals surface area contributed by atoms with Gasteiger partial charge in [0.15, 0.2) is 11.5 Å². The van der Waals surface area contributed by atoms with Crippen molar-refractivity contribution in [2.24, 2.45) is 0 Å². The molecule has 0 radical (unpaired) electrons. The van der Waals surface area contributed by atoms with Gasteiger partial charge in [-0.2, -0.15) is 8.42 Å². The van der Waals surface area contributed by atoms with Crippen molar-refractivity contribution in [1.29, 1.82) is 0 Å². The highest BCUT2D eigenvalue weighted by atomic mass is 79.9. The third kappa shape index (κ3) is 3.44. The van der Waals surface area contributed by atoms with E-state index in [1.807, 2.05) is 6.07 Å². The predicted octanol–water partition coefficient (Wildman–Crippen LogP) is 3.23. The summed E-state index contributed by atoms with van der Waals surface area (Å²) in [6.07, 6.45) is 1.00. The van der Waals surface area contributed by atoms with E-state index >= 15 is 0 Å². The second kappa shape index (κ2) is 6.52. The molecule has 0 amide bonds. The van der Waals surface area contributed by atoms with E-state index in [4.69, 9.17) is 18.4 Å². The molecule has 0 N–H and O–H groups in total. The fourth-order valence-electron chi connectivity index (χ4n) is 2.38. The van der Waals surface area contributed by atoms with Crippen LogP contribution in [0.1, 0.15) is 0 Å². The summed E-state index contributed by atoms with van der Waals surface area (Å²) in [5.41, 5.74) is 1.61. The maximum absolute atomic E-state index is 11.2. The van der Waals surface area contributed by atoms with Crippen LogP contribution >= 0.6 is 15.9 Å². The van der Waals surface area contributed by atoms with Crippen LogP contribution in [0.25, 0.3) is 11.1 Å². The summed E-state index contributed by atoms with van der Waals surface area (Å²) in [7, 11) is -1.98. The minimum Gasteiger partial charge on any atom is -0.495 e. The molecule has 0 atom stereocenters. The van der Waals surface area contributed by atoms with E-state index in [0.29, 0.717) is 34.9 Å². The molecule has 1 aliphatic rings. The zero-order valence-electron chi connectivity index (χ0n) is 13.0. The maximum atomic E-state index is 11.2. The van der Waals surface area contributed by atoms with Crippen LogP contribution in [0, 0.1) is 0 Å². The Morgan fingerprint density at radius 1 is 1.08 bits per heavy atom. The predicted molar refractivity (Wildman–Crippen MR) is 92.6 cm³/mol. The molecule has 8 heteroatoms. The molecule has 0 aromatic heterocycles. The third-order valence-electron chi connectivity index (χ3n) is 3.35. The van der Waals surface area contributed by atoms with Gasteiger partial charge in [-0.05, 0) is 39.7 Å². The number of halogens is 1. The summed E-state index contributed by atoms with van der Waals surface area (Å²) in [5.74, 6) is 2.07. The summed E-state index contributed by atoms with van der Waals surface area (Å²) < 4.78 is 44.8. The summed E-state index contributed by atoms with van der Waals surface area (Å²) in [6, 6.07) is 8.51. The van der Waals surface area contributed by atoms with Gasteiger partial charge in [0.1, 0.15) is 29.2 Å². The standard InChI is InChI=1S/C16H15BrO6S/c1-20-13-9-12(15-16(14(13)17)22-8-7-21-15)10-3-5-11(6-4-10)23-24(2,18)19/h3-6,9H,7-8H2,1-2H3. The molecule has 1 heterocycles. The van der Waals surface area contributed by atoms with Crippen LogP contribution in [-0.4, -0.2) is 35.0 Å². The van der Waals surface area contributed by atoms with Crippen molar-refractivity contribution in [2.45, 2.75) is 0 Å². The lowest BCUT2D eigenvalue weighted by Crippen LogP contribution is -2.16. The molecule has 0 saturated heterocycles. The van der Waals surface area contributed by atoms with E-state index < -0.39 is 10.1 Å². The van der Waals surface area contributed by atoms with Crippen molar-refractivity contribution in [3.63, 3.8) is 0 Å². The fourth-order valence-corrected chi connectivity index (χ4v) is 3.41. The molecule has 0 spiro atoms. The Balaban J connectivity index is 2.06. The van der Waals surface area contributed by atoms with Crippen molar-refractivity contribution < 1.29 is 26.8 Å². The number of benzene rings is 2. The Morgan fingerprint density at radius 3 is 2.29 bits per heavy atom. The quantitative estimate of drug-likeness (QED) is 0.715. The molecule has 0 saturated carbocycles. The van der Waals surface area contributed by atoms with Crippen molar-refractivity contribution in [1.82, 2.24) is 0 Å². The van der Waals surface area contributed by atoms with Gasteiger partial charge in [-0.3, -0.25) is 0 Å². The highest BCUT2D eigenvalue weighted by Crippen LogP contribution is 2.49.